The highest BCUT2D eigenvalue weighted by atomic mass is 32.2. The molecule has 2 aromatic carbocycles. The Bertz CT molecular complexity index is 865. The second kappa shape index (κ2) is 6.24. The summed E-state index contributed by atoms with van der Waals surface area (Å²) in [5.41, 5.74) is 2.08. The lowest BCUT2D eigenvalue weighted by atomic mass is 10.2. The van der Waals surface area contributed by atoms with Crippen molar-refractivity contribution >= 4 is 21.4 Å². The van der Waals surface area contributed by atoms with E-state index in [1.807, 2.05) is 18.2 Å². The number of para-hydroxylation sites is 2. The number of methoxy groups -OCH3 is 2. The van der Waals surface area contributed by atoms with Crippen molar-refractivity contribution in [2.75, 3.05) is 36.9 Å². The number of rotatable bonds is 4. The highest BCUT2D eigenvalue weighted by Crippen LogP contribution is 2.37. The molecule has 128 valence electrons. The van der Waals surface area contributed by atoms with Crippen LogP contribution in [-0.4, -0.2) is 35.7 Å². The number of nitrogens with one attached hydrogen (secondary N) is 1. The van der Waals surface area contributed by atoms with Gasteiger partial charge in [-0.2, -0.15) is 0 Å². The number of hydrogen-bond donors (Lipinski definition) is 1. The van der Waals surface area contributed by atoms with Gasteiger partial charge in [0.2, 0.25) is 0 Å². The van der Waals surface area contributed by atoms with Crippen molar-refractivity contribution in [3.8, 4) is 11.5 Å². The van der Waals surface area contributed by atoms with Gasteiger partial charge in [-0.15, -0.1) is 0 Å². The maximum atomic E-state index is 13.2. The second-order valence-electron chi connectivity index (χ2n) is 5.49. The summed E-state index contributed by atoms with van der Waals surface area (Å²) in [5, 5.41) is 3.22. The molecule has 0 unspecified atom stereocenters. The molecule has 0 amide bonds. The van der Waals surface area contributed by atoms with E-state index in [1.54, 1.807) is 19.1 Å². The molecular formula is C17H20N2O4S. The van der Waals surface area contributed by atoms with Crippen LogP contribution in [-0.2, 0) is 10.0 Å². The Labute approximate surface area is 142 Å². The molecule has 0 saturated carbocycles. The van der Waals surface area contributed by atoms with Gasteiger partial charge in [0.1, 0.15) is 0 Å². The first-order valence-electron chi connectivity index (χ1n) is 7.57. The summed E-state index contributed by atoms with van der Waals surface area (Å²) in [4.78, 5) is 0.219. The Kier molecular flexibility index (Phi) is 4.28. The third-order valence-electron chi connectivity index (χ3n) is 4.05. The van der Waals surface area contributed by atoms with E-state index < -0.39 is 10.0 Å². The summed E-state index contributed by atoms with van der Waals surface area (Å²) in [5.74, 6) is 0.903. The van der Waals surface area contributed by atoms with E-state index in [9.17, 15) is 8.42 Å². The van der Waals surface area contributed by atoms with Crippen LogP contribution in [0.1, 0.15) is 5.56 Å². The molecule has 1 N–H and O–H groups in total. The van der Waals surface area contributed by atoms with Crippen LogP contribution in [0, 0.1) is 6.92 Å². The molecule has 7 heteroatoms. The quantitative estimate of drug-likeness (QED) is 0.920. The molecule has 2 aromatic rings. The first kappa shape index (κ1) is 16.4. The van der Waals surface area contributed by atoms with Gasteiger partial charge in [-0.25, -0.2) is 8.42 Å². The van der Waals surface area contributed by atoms with Crippen molar-refractivity contribution in [1.29, 1.82) is 0 Å². The summed E-state index contributed by atoms with van der Waals surface area (Å²) < 4.78 is 38.4. The van der Waals surface area contributed by atoms with Gasteiger partial charge in [0.15, 0.2) is 11.5 Å². The number of fused-ring (bicyclic) bond motifs is 1. The predicted molar refractivity (Wildman–Crippen MR) is 93.7 cm³/mol. The normalized spacial score (nSPS) is 13.9. The number of ether oxygens (including phenoxy) is 2. The van der Waals surface area contributed by atoms with Crippen LogP contribution in [0.3, 0.4) is 0 Å². The maximum absolute atomic E-state index is 13.2. The summed E-state index contributed by atoms with van der Waals surface area (Å²) in [6, 6.07) is 10.6. The lowest BCUT2D eigenvalue weighted by Gasteiger charge is -2.31. The average molecular weight is 348 g/mol. The van der Waals surface area contributed by atoms with Gasteiger partial charge in [0, 0.05) is 12.6 Å². The van der Waals surface area contributed by atoms with Crippen molar-refractivity contribution in [1.82, 2.24) is 0 Å². The van der Waals surface area contributed by atoms with E-state index in [4.69, 9.17) is 9.47 Å². The van der Waals surface area contributed by atoms with Gasteiger partial charge >= 0.3 is 0 Å². The van der Waals surface area contributed by atoms with Crippen molar-refractivity contribution in [3.63, 3.8) is 0 Å². The van der Waals surface area contributed by atoms with Crippen LogP contribution in [0.2, 0.25) is 0 Å². The zero-order valence-electron chi connectivity index (χ0n) is 13.9. The van der Waals surface area contributed by atoms with E-state index in [1.165, 1.54) is 24.6 Å². The summed E-state index contributed by atoms with van der Waals surface area (Å²) in [7, 11) is -0.690. The molecule has 0 spiro atoms. The van der Waals surface area contributed by atoms with Crippen LogP contribution in [0.25, 0.3) is 0 Å². The van der Waals surface area contributed by atoms with Crippen molar-refractivity contribution < 1.29 is 17.9 Å². The molecule has 1 aliphatic rings. The predicted octanol–water partition coefficient (Wildman–Crippen LogP) is 2.63. The molecule has 0 saturated heterocycles. The Balaban J connectivity index is 2.13. The molecule has 0 fully saturated rings. The molecule has 0 radical (unpaired) electrons. The monoisotopic (exact) mass is 348 g/mol. The number of aryl methyl sites for hydroxylation is 1. The number of hydrogen-bond acceptors (Lipinski definition) is 5. The summed E-state index contributed by atoms with van der Waals surface area (Å²) in [6.45, 7) is 2.68. The zero-order chi connectivity index (χ0) is 17.3. The Morgan fingerprint density at radius 2 is 1.75 bits per heavy atom. The highest BCUT2D eigenvalue weighted by Gasteiger charge is 2.31. The number of benzene rings is 2. The first-order valence-corrected chi connectivity index (χ1v) is 9.01. The zero-order valence-corrected chi connectivity index (χ0v) is 14.7. The first-order chi connectivity index (χ1) is 11.5. The van der Waals surface area contributed by atoms with Crippen molar-refractivity contribution in [2.24, 2.45) is 0 Å². The summed E-state index contributed by atoms with van der Waals surface area (Å²) in [6.07, 6.45) is 0. The van der Waals surface area contributed by atoms with Gasteiger partial charge in [-0.05, 0) is 30.7 Å². The minimum atomic E-state index is -3.71. The minimum absolute atomic E-state index is 0.219. The molecule has 6 nitrogen and oxygen atoms in total. The minimum Gasteiger partial charge on any atom is -0.493 e. The highest BCUT2D eigenvalue weighted by molar-refractivity contribution is 7.93. The van der Waals surface area contributed by atoms with Crippen LogP contribution < -0.4 is 19.1 Å². The van der Waals surface area contributed by atoms with Gasteiger partial charge in [-0.1, -0.05) is 12.1 Å². The van der Waals surface area contributed by atoms with Crippen LogP contribution in [0.15, 0.2) is 41.3 Å². The van der Waals surface area contributed by atoms with E-state index in [0.717, 1.165) is 5.69 Å². The largest absolute Gasteiger partial charge is 0.493 e. The second-order valence-corrected chi connectivity index (χ2v) is 7.32. The lowest BCUT2D eigenvalue weighted by Crippen LogP contribution is -2.39. The molecule has 1 heterocycles. The average Bonchev–Trinajstić information content (AvgIpc) is 2.60. The number of anilines is 2. The van der Waals surface area contributed by atoms with Crippen LogP contribution in [0.4, 0.5) is 11.4 Å². The van der Waals surface area contributed by atoms with Gasteiger partial charge in [0.25, 0.3) is 10.0 Å². The fourth-order valence-electron chi connectivity index (χ4n) is 2.86. The Hall–Kier alpha value is -2.41. The fraction of sp³-hybridized carbons (Fsp3) is 0.294. The van der Waals surface area contributed by atoms with Crippen LogP contribution >= 0.6 is 0 Å². The SMILES string of the molecule is COc1cc(C)c(S(=O)(=O)N2CCNc3ccccc32)cc1OC. The fourth-order valence-corrected chi connectivity index (χ4v) is 4.57. The smallest absolute Gasteiger partial charge is 0.264 e. The van der Waals surface area contributed by atoms with Crippen molar-refractivity contribution in [2.45, 2.75) is 11.8 Å². The van der Waals surface area contributed by atoms with Gasteiger partial charge in [0.05, 0.1) is 37.0 Å². The molecule has 3 rings (SSSR count). The third-order valence-corrected chi connectivity index (χ3v) is 6.01. The Morgan fingerprint density at radius 3 is 2.46 bits per heavy atom. The molecule has 0 atom stereocenters. The van der Waals surface area contributed by atoms with E-state index in [2.05, 4.69) is 5.32 Å². The molecule has 1 aliphatic heterocycles. The molecule has 24 heavy (non-hydrogen) atoms. The number of nitrogens with zero attached hydrogens (tertiary/aromatic N) is 1. The van der Waals surface area contributed by atoms with Crippen LogP contribution in [0.5, 0.6) is 11.5 Å². The summed E-state index contributed by atoms with van der Waals surface area (Å²) >= 11 is 0. The molecule has 0 bridgehead atoms. The van der Waals surface area contributed by atoms with Crippen molar-refractivity contribution in [3.05, 3.63) is 42.0 Å². The van der Waals surface area contributed by atoms with Gasteiger partial charge in [-0.3, -0.25) is 4.31 Å². The topological polar surface area (TPSA) is 67.9 Å². The van der Waals surface area contributed by atoms with E-state index in [0.29, 0.717) is 35.8 Å². The lowest BCUT2D eigenvalue weighted by molar-refractivity contribution is 0.353. The van der Waals surface area contributed by atoms with E-state index >= 15 is 0 Å². The Morgan fingerprint density at radius 1 is 1.08 bits per heavy atom. The molecule has 0 aliphatic carbocycles. The molecule has 0 aromatic heterocycles. The van der Waals surface area contributed by atoms with E-state index in [-0.39, 0.29) is 4.90 Å². The standard InChI is InChI=1S/C17H20N2O4S/c1-12-10-15(22-2)16(23-3)11-17(12)24(20,21)19-9-8-18-13-6-4-5-7-14(13)19/h4-7,10-11,18H,8-9H2,1-3H3. The van der Waals surface area contributed by atoms with Gasteiger partial charge < -0.3 is 14.8 Å². The third kappa shape index (κ3) is 2.65. The number of sulfonamides is 1. The molecular weight excluding hydrogens is 328 g/mol. The maximum Gasteiger partial charge on any atom is 0.264 e.